The molecule has 7 heteroatoms. The van der Waals surface area contributed by atoms with Crippen LogP contribution in [0.25, 0.3) is 0 Å². The normalized spacial score (nSPS) is 13.5. The van der Waals surface area contributed by atoms with Crippen molar-refractivity contribution in [2.75, 3.05) is 20.8 Å². The Labute approximate surface area is 112 Å². The molecule has 0 aliphatic rings. The van der Waals surface area contributed by atoms with Gasteiger partial charge in [0, 0.05) is 19.0 Å². The standard InChI is InChI=1S/C11H21N5OS/c1-8(6-17-4)14-11(15-12)16(3)5-10-9(2)13-7-18-10/h7-8H,5-6,12H2,1-4H3,(H,14,15). The van der Waals surface area contributed by atoms with Crippen LogP contribution in [0.4, 0.5) is 0 Å². The predicted molar refractivity (Wildman–Crippen MR) is 74.4 cm³/mol. The third-order valence-electron chi connectivity index (χ3n) is 2.47. The van der Waals surface area contributed by atoms with E-state index in [4.69, 9.17) is 10.6 Å². The maximum absolute atomic E-state index is 5.51. The molecule has 0 spiro atoms. The summed E-state index contributed by atoms with van der Waals surface area (Å²) < 4.78 is 5.05. The number of ether oxygens (including phenoxy) is 1. The van der Waals surface area contributed by atoms with Crippen molar-refractivity contribution in [2.45, 2.75) is 26.4 Å². The van der Waals surface area contributed by atoms with Crippen molar-refractivity contribution < 1.29 is 4.74 Å². The highest BCUT2D eigenvalue weighted by molar-refractivity contribution is 7.09. The molecule has 3 N–H and O–H groups in total. The van der Waals surface area contributed by atoms with Gasteiger partial charge in [0.15, 0.2) is 0 Å². The average molecular weight is 271 g/mol. The van der Waals surface area contributed by atoms with Crippen LogP contribution in [0, 0.1) is 6.92 Å². The number of methoxy groups -OCH3 is 1. The zero-order valence-electron chi connectivity index (χ0n) is 11.3. The Balaban J connectivity index is 2.67. The van der Waals surface area contributed by atoms with Crippen LogP contribution < -0.4 is 11.3 Å². The van der Waals surface area contributed by atoms with Crippen molar-refractivity contribution in [3.63, 3.8) is 0 Å². The van der Waals surface area contributed by atoms with E-state index in [9.17, 15) is 0 Å². The number of hydrogen-bond donors (Lipinski definition) is 2. The minimum atomic E-state index is 0.0612. The Kier molecular flexibility index (Phi) is 6.03. The van der Waals surface area contributed by atoms with E-state index < -0.39 is 0 Å². The number of hydrogen-bond acceptors (Lipinski definition) is 5. The second-order valence-electron chi connectivity index (χ2n) is 4.12. The van der Waals surface area contributed by atoms with Crippen LogP contribution in [-0.4, -0.2) is 42.6 Å². The van der Waals surface area contributed by atoms with Gasteiger partial charge in [-0.25, -0.2) is 15.8 Å². The molecule has 1 aromatic heterocycles. The van der Waals surface area contributed by atoms with Crippen LogP contribution in [0.3, 0.4) is 0 Å². The molecule has 0 aliphatic carbocycles. The number of aliphatic imine (C=N–C) groups is 1. The number of hydrazine groups is 1. The molecule has 0 aromatic carbocycles. The van der Waals surface area contributed by atoms with E-state index in [1.807, 2.05) is 31.3 Å². The van der Waals surface area contributed by atoms with Crippen molar-refractivity contribution in [1.82, 2.24) is 15.3 Å². The molecule has 102 valence electrons. The first-order valence-electron chi connectivity index (χ1n) is 5.72. The van der Waals surface area contributed by atoms with Gasteiger partial charge in [-0.15, -0.1) is 11.3 Å². The molecule has 0 amide bonds. The molecular weight excluding hydrogens is 250 g/mol. The third kappa shape index (κ3) is 4.25. The van der Waals surface area contributed by atoms with E-state index in [-0.39, 0.29) is 6.04 Å². The summed E-state index contributed by atoms with van der Waals surface area (Å²) in [5.74, 6) is 6.16. The van der Waals surface area contributed by atoms with E-state index in [0.717, 1.165) is 12.2 Å². The third-order valence-corrected chi connectivity index (χ3v) is 3.39. The number of thiazole rings is 1. The maximum atomic E-state index is 5.51. The Hall–Kier alpha value is -1.18. The minimum absolute atomic E-state index is 0.0612. The lowest BCUT2D eigenvalue weighted by Crippen LogP contribution is -2.43. The van der Waals surface area contributed by atoms with Crippen LogP contribution in [0.5, 0.6) is 0 Å². The number of nitrogens with two attached hydrogens (primary N) is 1. The molecule has 1 unspecified atom stereocenters. The van der Waals surface area contributed by atoms with E-state index in [1.165, 1.54) is 4.88 Å². The molecule has 18 heavy (non-hydrogen) atoms. The summed E-state index contributed by atoms with van der Waals surface area (Å²) in [5, 5.41) is 0. The number of guanidine groups is 1. The molecule has 1 atom stereocenters. The van der Waals surface area contributed by atoms with E-state index >= 15 is 0 Å². The van der Waals surface area contributed by atoms with Gasteiger partial charge in [-0.1, -0.05) is 0 Å². The highest BCUT2D eigenvalue weighted by Crippen LogP contribution is 2.14. The molecule has 0 bridgehead atoms. The van der Waals surface area contributed by atoms with Crippen molar-refractivity contribution in [3.05, 3.63) is 16.1 Å². The molecule has 0 saturated heterocycles. The van der Waals surface area contributed by atoms with Gasteiger partial charge < -0.3 is 9.64 Å². The van der Waals surface area contributed by atoms with Gasteiger partial charge in [-0.05, 0) is 13.8 Å². The second-order valence-corrected chi connectivity index (χ2v) is 5.06. The van der Waals surface area contributed by atoms with Crippen molar-refractivity contribution in [1.29, 1.82) is 0 Å². The maximum Gasteiger partial charge on any atom is 0.208 e. The fraction of sp³-hybridized carbons (Fsp3) is 0.636. The predicted octanol–water partition coefficient (Wildman–Crippen LogP) is 0.738. The molecule has 6 nitrogen and oxygen atoms in total. The molecule has 1 heterocycles. The van der Waals surface area contributed by atoms with E-state index in [0.29, 0.717) is 12.6 Å². The Morgan fingerprint density at radius 2 is 2.44 bits per heavy atom. The van der Waals surface area contributed by atoms with Crippen LogP contribution in [0.15, 0.2) is 10.5 Å². The van der Waals surface area contributed by atoms with Crippen LogP contribution in [0.1, 0.15) is 17.5 Å². The van der Waals surface area contributed by atoms with Gasteiger partial charge in [0.25, 0.3) is 0 Å². The molecule has 1 aromatic rings. The summed E-state index contributed by atoms with van der Waals surface area (Å²) >= 11 is 1.63. The van der Waals surface area contributed by atoms with Gasteiger partial charge in [0.1, 0.15) is 0 Å². The van der Waals surface area contributed by atoms with Crippen molar-refractivity contribution >= 4 is 17.3 Å². The van der Waals surface area contributed by atoms with E-state index in [2.05, 4.69) is 15.4 Å². The summed E-state index contributed by atoms with van der Waals surface area (Å²) in [5.41, 5.74) is 5.52. The lowest BCUT2D eigenvalue weighted by atomic mass is 10.3. The zero-order chi connectivity index (χ0) is 13.5. The minimum Gasteiger partial charge on any atom is -0.382 e. The zero-order valence-corrected chi connectivity index (χ0v) is 12.1. The monoisotopic (exact) mass is 271 g/mol. The van der Waals surface area contributed by atoms with Gasteiger partial charge >= 0.3 is 0 Å². The highest BCUT2D eigenvalue weighted by atomic mass is 32.1. The SMILES string of the molecule is COCC(C)N=C(NN)N(C)Cc1scnc1C. The summed E-state index contributed by atoms with van der Waals surface area (Å²) in [7, 11) is 3.60. The molecule has 0 radical (unpaired) electrons. The summed E-state index contributed by atoms with van der Waals surface area (Å²) in [4.78, 5) is 11.9. The first-order chi connectivity index (χ1) is 8.58. The fourth-order valence-electron chi connectivity index (χ4n) is 1.50. The van der Waals surface area contributed by atoms with Crippen LogP contribution in [0.2, 0.25) is 0 Å². The van der Waals surface area contributed by atoms with Gasteiger partial charge in [-0.2, -0.15) is 0 Å². The first kappa shape index (κ1) is 14.9. The largest absolute Gasteiger partial charge is 0.382 e. The van der Waals surface area contributed by atoms with Gasteiger partial charge in [0.2, 0.25) is 5.96 Å². The number of aryl methyl sites for hydroxylation is 1. The van der Waals surface area contributed by atoms with Crippen LogP contribution >= 0.6 is 11.3 Å². The fourth-order valence-corrected chi connectivity index (χ4v) is 2.33. The van der Waals surface area contributed by atoms with Crippen LogP contribution in [-0.2, 0) is 11.3 Å². The summed E-state index contributed by atoms with van der Waals surface area (Å²) in [6.45, 7) is 5.28. The number of nitrogens with zero attached hydrogens (tertiary/aromatic N) is 3. The topological polar surface area (TPSA) is 75.8 Å². The Morgan fingerprint density at radius 1 is 1.72 bits per heavy atom. The highest BCUT2D eigenvalue weighted by Gasteiger charge is 2.10. The second kappa shape index (κ2) is 7.30. The molecular formula is C11H21N5OS. The van der Waals surface area contributed by atoms with Gasteiger partial charge in [0.05, 0.1) is 30.4 Å². The smallest absolute Gasteiger partial charge is 0.208 e. The number of rotatable bonds is 5. The Morgan fingerprint density at radius 3 is 2.94 bits per heavy atom. The summed E-state index contributed by atoms with van der Waals surface area (Å²) in [6, 6.07) is 0.0612. The number of aromatic nitrogens is 1. The first-order valence-corrected chi connectivity index (χ1v) is 6.59. The van der Waals surface area contributed by atoms with Crippen molar-refractivity contribution in [2.24, 2.45) is 10.8 Å². The molecule has 0 saturated carbocycles. The molecule has 0 aliphatic heterocycles. The number of nitrogens with one attached hydrogen (secondary N) is 1. The lowest BCUT2D eigenvalue weighted by Gasteiger charge is -2.21. The van der Waals surface area contributed by atoms with Gasteiger partial charge in [-0.3, -0.25) is 5.43 Å². The summed E-state index contributed by atoms with van der Waals surface area (Å²) in [6.07, 6.45) is 0. The quantitative estimate of drug-likeness (QED) is 0.357. The molecule has 0 fully saturated rings. The Bertz CT molecular complexity index is 393. The lowest BCUT2D eigenvalue weighted by molar-refractivity contribution is 0.185. The average Bonchev–Trinajstić information content (AvgIpc) is 2.72. The molecule has 1 rings (SSSR count). The van der Waals surface area contributed by atoms with E-state index in [1.54, 1.807) is 18.4 Å². The van der Waals surface area contributed by atoms with Crippen molar-refractivity contribution in [3.8, 4) is 0 Å².